The SMILES string of the molecule is O=C(CN1CCN(c2ccccc2F)CC1)N1N=C(c2ccc(F)cc2)C[C@@H]1c1ccccc1Cl. The molecule has 0 unspecified atom stereocenters. The molecule has 8 heteroatoms. The van der Waals surface area contributed by atoms with E-state index in [4.69, 9.17) is 11.6 Å². The summed E-state index contributed by atoms with van der Waals surface area (Å²) in [7, 11) is 0. The van der Waals surface area contributed by atoms with Gasteiger partial charge in [-0.1, -0.05) is 54.1 Å². The Balaban J connectivity index is 1.32. The number of hydrazone groups is 1. The summed E-state index contributed by atoms with van der Waals surface area (Å²) < 4.78 is 27.6. The standard InChI is InChI=1S/C27H25ClF2N4O/c28-22-6-2-1-5-21(22)26-17-24(19-9-11-20(29)12-10-19)31-34(26)27(35)18-32-13-15-33(16-14-32)25-8-4-3-7-23(25)30/h1-12,26H,13-18H2/t26-/m1/s1. The van der Waals surface area contributed by atoms with E-state index >= 15 is 0 Å². The predicted octanol–water partition coefficient (Wildman–Crippen LogP) is 5.12. The molecule has 0 spiro atoms. The summed E-state index contributed by atoms with van der Waals surface area (Å²) in [6.07, 6.45) is 0.488. The molecule has 5 nitrogen and oxygen atoms in total. The first-order valence-corrected chi connectivity index (χ1v) is 12.0. The van der Waals surface area contributed by atoms with Gasteiger partial charge in [0.1, 0.15) is 11.6 Å². The number of hydrogen-bond donors (Lipinski definition) is 0. The van der Waals surface area contributed by atoms with Crippen molar-refractivity contribution in [2.24, 2.45) is 5.10 Å². The maximum absolute atomic E-state index is 14.2. The van der Waals surface area contributed by atoms with Crippen LogP contribution in [0.2, 0.25) is 5.02 Å². The van der Waals surface area contributed by atoms with Crippen molar-refractivity contribution in [1.29, 1.82) is 0 Å². The van der Waals surface area contributed by atoms with Crippen LogP contribution in [0, 0.1) is 11.6 Å². The fourth-order valence-electron chi connectivity index (χ4n) is 4.66. The molecular weight excluding hydrogens is 470 g/mol. The summed E-state index contributed by atoms with van der Waals surface area (Å²) in [6, 6.07) is 20.0. The zero-order valence-electron chi connectivity index (χ0n) is 19.1. The number of carbonyl (C=O) groups is 1. The number of anilines is 1. The first kappa shape index (κ1) is 23.5. The Bertz CT molecular complexity index is 1240. The quantitative estimate of drug-likeness (QED) is 0.494. The van der Waals surface area contributed by atoms with E-state index in [9.17, 15) is 13.6 Å². The Morgan fingerprint density at radius 1 is 0.914 bits per heavy atom. The minimum absolute atomic E-state index is 0.133. The summed E-state index contributed by atoms with van der Waals surface area (Å²) >= 11 is 6.48. The van der Waals surface area contributed by atoms with Gasteiger partial charge in [0.2, 0.25) is 0 Å². The van der Waals surface area contributed by atoms with E-state index in [-0.39, 0.29) is 30.1 Å². The van der Waals surface area contributed by atoms with Gasteiger partial charge in [-0.3, -0.25) is 9.69 Å². The highest BCUT2D eigenvalue weighted by Gasteiger charge is 2.35. The average molecular weight is 495 g/mol. The van der Waals surface area contributed by atoms with Crippen LogP contribution in [-0.4, -0.2) is 54.3 Å². The number of halogens is 3. The van der Waals surface area contributed by atoms with E-state index in [2.05, 4.69) is 10.0 Å². The number of amides is 1. The van der Waals surface area contributed by atoms with Crippen LogP contribution in [0.3, 0.4) is 0 Å². The maximum atomic E-state index is 14.2. The molecular formula is C27H25ClF2N4O. The monoisotopic (exact) mass is 494 g/mol. The third kappa shape index (κ3) is 5.06. The van der Waals surface area contributed by atoms with Crippen LogP contribution < -0.4 is 4.90 Å². The average Bonchev–Trinajstić information content (AvgIpc) is 3.31. The van der Waals surface area contributed by atoms with Crippen molar-refractivity contribution >= 4 is 28.9 Å². The molecule has 1 saturated heterocycles. The van der Waals surface area contributed by atoms with Crippen molar-refractivity contribution in [2.75, 3.05) is 37.6 Å². The molecule has 35 heavy (non-hydrogen) atoms. The van der Waals surface area contributed by atoms with E-state index in [1.807, 2.05) is 29.2 Å². The number of para-hydroxylation sites is 1. The van der Waals surface area contributed by atoms with E-state index in [0.717, 1.165) is 11.1 Å². The molecule has 3 aromatic carbocycles. The second-order valence-corrected chi connectivity index (χ2v) is 9.16. The first-order chi connectivity index (χ1) is 17.0. The summed E-state index contributed by atoms with van der Waals surface area (Å²) in [4.78, 5) is 17.5. The summed E-state index contributed by atoms with van der Waals surface area (Å²) in [6.45, 7) is 2.74. The van der Waals surface area contributed by atoms with Crippen LogP contribution >= 0.6 is 11.6 Å². The van der Waals surface area contributed by atoms with Gasteiger partial charge < -0.3 is 4.90 Å². The molecule has 0 bridgehead atoms. The third-order valence-corrected chi connectivity index (χ3v) is 6.88. The van der Waals surface area contributed by atoms with Gasteiger partial charge in [0.25, 0.3) is 5.91 Å². The number of piperazine rings is 1. The van der Waals surface area contributed by atoms with Gasteiger partial charge in [0, 0.05) is 37.6 Å². The van der Waals surface area contributed by atoms with Gasteiger partial charge in [-0.2, -0.15) is 5.10 Å². The molecule has 2 aliphatic heterocycles. The lowest BCUT2D eigenvalue weighted by molar-refractivity contribution is -0.134. The fourth-order valence-corrected chi connectivity index (χ4v) is 4.93. The normalized spacial score (nSPS) is 18.6. The van der Waals surface area contributed by atoms with Crippen molar-refractivity contribution in [3.8, 4) is 0 Å². The minimum Gasteiger partial charge on any atom is -0.367 e. The molecule has 5 rings (SSSR count). The molecule has 180 valence electrons. The van der Waals surface area contributed by atoms with Gasteiger partial charge in [0.15, 0.2) is 0 Å². The van der Waals surface area contributed by atoms with Crippen LogP contribution in [-0.2, 0) is 4.79 Å². The molecule has 2 heterocycles. The number of nitrogens with zero attached hydrogens (tertiary/aromatic N) is 4. The lowest BCUT2D eigenvalue weighted by Gasteiger charge is -2.36. The number of benzene rings is 3. The highest BCUT2D eigenvalue weighted by atomic mass is 35.5. The van der Waals surface area contributed by atoms with Crippen molar-refractivity contribution in [2.45, 2.75) is 12.5 Å². The third-order valence-electron chi connectivity index (χ3n) is 6.53. The largest absolute Gasteiger partial charge is 0.367 e. The second-order valence-electron chi connectivity index (χ2n) is 8.75. The van der Waals surface area contributed by atoms with E-state index in [0.29, 0.717) is 49.0 Å². The van der Waals surface area contributed by atoms with Crippen LogP contribution in [0.1, 0.15) is 23.6 Å². The van der Waals surface area contributed by atoms with Gasteiger partial charge in [-0.05, 0) is 41.5 Å². The molecule has 0 aromatic heterocycles. The molecule has 3 aromatic rings. The second kappa shape index (κ2) is 10.1. The molecule has 0 aliphatic carbocycles. The number of hydrogen-bond acceptors (Lipinski definition) is 4. The van der Waals surface area contributed by atoms with Gasteiger partial charge in [0.05, 0.1) is 24.0 Å². The topological polar surface area (TPSA) is 39.2 Å². The Morgan fingerprint density at radius 2 is 1.60 bits per heavy atom. The fraction of sp³-hybridized carbons (Fsp3) is 0.259. The van der Waals surface area contributed by atoms with Crippen molar-refractivity contribution in [3.05, 3.63) is 101 Å². The number of carbonyl (C=O) groups excluding carboxylic acids is 1. The first-order valence-electron chi connectivity index (χ1n) is 11.6. The molecule has 1 fully saturated rings. The summed E-state index contributed by atoms with van der Waals surface area (Å²) in [5.74, 6) is -0.692. The Labute approximate surface area is 208 Å². The highest BCUT2D eigenvalue weighted by Crippen LogP contribution is 2.36. The predicted molar refractivity (Wildman–Crippen MR) is 134 cm³/mol. The van der Waals surface area contributed by atoms with Crippen molar-refractivity contribution < 1.29 is 13.6 Å². The van der Waals surface area contributed by atoms with Gasteiger partial charge >= 0.3 is 0 Å². The van der Waals surface area contributed by atoms with Crippen molar-refractivity contribution in [1.82, 2.24) is 9.91 Å². The molecule has 2 aliphatic rings. The Hall–Kier alpha value is -3.29. The lowest BCUT2D eigenvalue weighted by atomic mass is 9.98. The van der Waals surface area contributed by atoms with E-state index in [1.165, 1.54) is 23.2 Å². The zero-order valence-corrected chi connectivity index (χ0v) is 19.8. The van der Waals surface area contributed by atoms with Crippen LogP contribution in [0.5, 0.6) is 0 Å². The summed E-state index contributed by atoms with van der Waals surface area (Å²) in [5.41, 5.74) is 2.91. The minimum atomic E-state index is -0.337. The molecule has 1 amide bonds. The molecule has 0 saturated carbocycles. The summed E-state index contributed by atoms with van der Waals surface area (Å²) in [5, 5.41) is 6.75. The van der Waals surface area contributed by atoms with E-state index in [1.54, 1.807) is 30.3 Å². The van der Waals surface area contributed by atoms with Gasteiger partial charge in [-0.25, -0.2) is 13.8 Å². The van der Waals surface area contributed by atoms with Crippen molar-refractivity contribution in [3.63, 3.8) is 0 Å². The molecule has 0 radical (unpaired) electrons. The van der Waals surface area contributed by atoms with Crippen LogP contribution in [0.25, 0.3) is 0 Å². The molecule has 1 atom stereocenters. The van der Waals surface area contributed by atoms with Crippen LogP contribution in [0.4, 0.5) is 14.5 Å². The Kier molecular flexibility index (Phi) is 6.79. The maximum Gasteiger partial charge on any atom is 0.257 e. The molecule has 0 N–H and O–H groups in total. The Morgan fingerprint density at radius 3 is 2.31 bits per heavy atom. The number of rotatable bonds is 5. The zero-order chi connectivity index (χ0) is 24.4. The van der Waals surface area contributed by atoms with Crippen LogP contribution in [0.15, 0.2) is 77.9 Å². The van der Waals surface area contributed by atoms with Gasteiger partial charge in [-0.15, -0.1) is 0 Å². The van der Waals surface area contributed by atoms with E-state index < -0.39 is 0 Å². The lowest BCUT2D eigenvalue weighted by Crippen LogP contribution is -2.49. The smallest absolute Gasteiger partial charge is 0.257 e. The highest BCUT2D eigenvalue weighted by molar-refractivity contribution is 6.31.